The van der Waals surface area contributed by atoms with Crippen LogP contribution in [0.2, 0.25) is 0 Å². The molecule has 0 aliphatic heterocycles. The van der Waals surface area contributed by atoms with Gasteiger partial charge >= 0.3 is 0 Å². The first kappa shape index (κ1) is 11.5. The Labute approximate surface area is 95.8 Å². The van der Waals surface area contributed by atoms with Gasteiger partial charge in [0, 0.05) is 0 Å². The third-order valence-corrected chi connectivity index (χ3v) is 4.98. The van der Waals surface area contributed by atoms with Crippen molar-refractivity contribution in [3.63, 3.8) is 0 Å². The molecule has 0 amide bonds. The fourth-order valence-corrected chi connectivity index (χ4v) is 3.81. The van der Waals surface area contributed by atoms with Gasteiger partial charge in [-0.3, -0.25) is 0 Å². The Hall–Kier alpha value is 0. The second-order valence-electron chi connectivity index (χ2n) is 6.25. The molecule has 2 rings (SSSR count). The Morgan fingerprint density at radius 2 is 1.60 bits per heavy atom. The summed E-state index contributed by atoms with van der Waals surface area (Å²) in [5.41, 5.74) is 0. The predicted molar refractivity (Wildman–Crippen MR) is 66.9 cm³/mol. The molecule has 0 radical (unpaired) electrons. The Balaban J connectivity index is 1.61. The SMILES string of the molecule is CCCC1CCC1CCC1CC[C@H](C)C1. The number of hydrogen-bond acceptors (Lipinski definition) is 0. The van der Waals surface area contributed by atoms with Crippen molar-refractivity contribution in [2.75, 3.05) is 0 Å². The summed E-state index contributed by atoms with van der Waals surface area (Å²) in [4.78, 5) is 0. The zero-order chi connectivity index (χ0) is 10.7. The number of hydrogen-bond donors (Lipinski definition) is 0. The largest absolute Gasteiger partial charge is 0.0654 e. The summed E-state index contributed by atoms with van der Waals surface area (Å²) in [5.74, 6) is 4.38. The molecule has 0 heterocycles. The summed E-state index contributed by atoms with van der Waals surface area (Å²) >= 11 is 0. The van der Waals surface area contributed by atoms with Crippen LogP contribution in [0.1, 0.15) is 71.6 Å². The molecule has 2 aliphatic rings. The fourth-order valence-electron chi connectivity index (χ4n) is 3.81. The van der Waals surface area contributed by atoms with E-state index in [4.69, 9.17) is 0 Å². The van der Waals surface area contributed by atoms with Gasteiger partial charge in [-0.1, -0.05) is 46.0 Å². The maximum atomic E-state index is 2.43. The molecule has 0 aromatic heterocycles. The van der Waals surface area contributed by atoms with E-state index in [2.05, 4.69) is 13.8 Å². The van der Waals surface area contributed by atoms with Crippen LogP contribution < -0.4 is 0 Å². The molecule has 2 aliphatic carbocycles. The van der Waals surface area contributed by atoms with Crippen molar-refractivity contribution in [2.45, 2.75) is 71.6 Å². The van der Waals surface area contributed by atoms with Crippen LogP contribution >= 0.6 is 0 Å². The van der Waals surface area contributed by atoms with Crippen molar-refractivity contribution in [3.05, 3.63) is 0 Å². The molecule has 0 spiro atoms. The Morgan fingerprint density at radius 1 is 0.867 bits per heavy atom. The summed E-state index contributed by atoms with van der Waals surface area (Å²) in [5, 5.41) is 0. The van der Waals surface area contributed by atoms with E-state index in [9.17, 15) is 0 Å². The minimum absolute atomic E-state index is 1.03. The summed E-state index contributed by atoms with van der Waals surface area (Å²) in [6.07, 6.45) is 13.7. The lowest BCUT2D eigenvalue weighted by Gasteiger charge is -2.37. The molecule has 4 atom stereocenters. The van der Waals surface area contributed by atoms with Gasteiger partial charge in [0.15, 0.2) is 0 Å². The quantitative estimate of drug-likeness (QED) is 0.594. The second-order valence-corrected chi connectivity index (χ2v) is 6.25. The summed E-state index contributed by atoms with van der Waals surface area (Å²) in [6, 6.07) is 0. The molecule has 0 aromatic rings. The van der Waals surface area contributed by atoms with Gasteiger partial charge in [-0.2, -0.15) is 0 Å². The van der Waals surface area contributed by atoms with E-state index in [-0.39, 0.29) is 0 Å². The lowest BCUT2D eigenvalue weighted by atomic mass is 9.69. The maximum Gasteiger partial charge on any atom is -0.0386 e. The van der Waals surface area contributed by atoms with Crippen molar-refractivity contribution in [1.29, 1.82) is 0 Å². The molecule has 0 heteroatoms. The Kier molecular flexibility index (Phi) is 4.11. The zero-order valence-corrected chi connectivity index (χ0v) is 10.7. The molecule has 88 valence electrons. The molecular formula is C15H28. The van der Waals surface area contributed by atoms with Crippen LogP contribution in [0.5, 0.6) is 0 Å². The Bertz CT molecular complexity index is 184. The van der Waals surface area contributed by atoms with Crippen LogP contribution in [0.3, 0.4) is 0 Å². The van der Waals surface area contributed by atoms with Gasteiger partial charge in [0.2, 0.25) is 0 Å². The summed E-state index contributed by atoms with van der Waals surface area (Å²) in [7, 11) is 0. The molecular weight excluding hydrogens is 180 g/mol. The highest BCUT2D eigenvalue weighted by Gasteiger charge is 2.30. The third-order valence-electron chi connectivity index (χ3n) is 4.98. The van der Waals surface area contributed by atoms with Crippen LogP contribution in [0.4, 0.5) is 0 Å². The van der Waals surface area contributed by atoms with Gasteiger partial charge in [0.05, 0.1) is 0 Å². The van der Waals surface area contributed by atoms with Crippen LogP contribution in [0.15, 0.2) is 0 Å². The lowest BCUT2D eigenvalue weighted by molar-refractivity contribution is 0.142. The van der Waals surface area contributed by atoms with E-state index in [1.807, 2.05) is 0 Å². The zero-order valence-electron chi connectivity index (χ0n) is 10.7. The molecule has 0 bridgehead atoms. The molecule has 0 aromatic carbocycles. The first-order valence-corrected chi connectivity index (χ1v) is 7.29. The van der Waals surface area contributed by atoms with Gasteiger partial charge in [0.25, 0.3) is 0 Å². The van der Waals surface area contributed by atoms with Gasteiger partial charge < -0.3 is 0 Å². The first-order chi connectivity index (χ1) is 7.29. The van der Waals surface area contributed by atoms with Gasteiger partial charge in [-0.25, -0.2) is 0 Å². The van der Waals surface area contributed by atoms with E-state index in [0.717, 1.165) is 23.7 Å². The number of rotatable bonds is 5. The molecule has 0 N–H and O–H groups in total. The normalized spacial score (nSPS) is 40.4. The highest BCUT2D eigenvalue weighted by Crippen LogP contribution is 2.43. The molecule has 15 heavy (non-hydrogen) atoms. The maximum absolute atomic E-state index is 2.43. The van der Waals surface area contributed by atoms with Crippen molar-refractivity contribution in [3.8, 4) is 0 Å². The standard InChI is InChI=1S/C15H28/c1-3-4-14-9-10-15(14)8-7-13-6-5-12(2)11-13/h12-15H,3-11H2,1-2H3/t12-,13?,14?,15?/m0/s1. The van der Waals surface area contributed by atoms with E-state index < -0.39 is 0 Å². The molecule has 2 fully saturated rings. The minimum atomic E-state index is 1.03. The van der Waals surface area contributed by atoms with Gasteiger partial charge in [-0.15, -0.1) is 0 Å². The highest BCUT2D eigenvalue weighted by atomic mass is 14.4. The second kappa shape index (κ2) is 5.37. The smallest absolute Gasteiger partial charge is 0.0386 e. The first-order valence-electron chi connectivity index (χ1n) is 7.29. The summed E-state index contributed by atoms with van der Waals surface area (Å²) in [6.45, 7) is 4.78. The van der Waals surface area contributed by atoms with Crippen LogP contribution in [0, 0.1) is 23.7 Å². The topological polar surface area (TPSA) is 0 Å². The van der Waals surface area contributed by atoms with Crippen molar-refractivity contribution in [2.24, 2.45) is 23.7 Å². The molecule has 0 saturated heterocycles. The van der Waals surface area contributed by atoms with Crippen LogP contribution in [-0.4, -0.2) is 0 Å². The lowest BCUT2D eigenvalue weighted by Crippen LogP contribution is -2.26. The molecule has 0 nitrogen and oxygen atoms in total. The van der Waals surface area contributed by atoms with Crippen molar-refractivity contribution in [1.82, 2.24) is 0 Å². The van der Waals surface area contributed by atoms with Crippen LogP contribution in [-0.2, 0) is 0 Å². The third kappa shape index (κ3) is 2.98. The van der Waals surface area contributed by atoms with Crippen LogP contribution in [0.25, 0.3) is 0 Å². The Morgan fingerprint density at radius 3 is 2.13 bits per heavy atom. The monoisotopic (exact) mass is 208 g/mol. The average Bonchev–Trinajstić information content (AvgIpc) is 2.59. The highest BCUT2D eigenvalue weighted by molar-refractivity contribution is 4.82. The van der Waals surface area contributed by atoms with E-state index in [1.165, 1.54) is 32.1 Å². The van der Waals surface area contributed by atoms with Crippen molar-refractivity contribution < 1.29 is 0 Å². The van der Waals surface area contributed by atoms with Gasteiger partial charge in [-0.05, 0) is 49.4 Å². The predicted octanol–water partition coefficient (Wildman–Crippen LogP) is 5.03. The molecule has 3 unspecified atom stereocenters. The average molecular weight is 208 g/mol. The summed E-state index contributed by atoms with van der Waals surface area (Å²) < 4.78 is 0. The molecule has 2 saturated carbocycles. The van der Waals surface area contributed by atoms with E-state index in [1.54, 1.807) is 25.7 Å². The van der Waals surface area contributed by atoms with E-state index >= 15 is 0 Å². The van der Waals surface area contributed by atoms with Crippen molar-refractivity contribution >= 4 is 0 Å². The minimum Gasteiger partial charge on any atom is -0.0654 e. The van der Waals surface area contributed by atoms with E-state index in [0.29, 0.717) is 0 Å². The van der Waals surface area contributed by atoms with Gasteiger partial charge in [0.1, 0.15) is 0 Å². The fraction of sp³-hybridized carbons (Fsp3) is 1.00.